The summed E-state index contributed by atoms with van der Waals surface area (Å²) in [5.74, 6) is -1.15. The van der Waals surface area contributed by atoms with Crippen LogP contribution in [0, 0.1) is 11.3 Å². The number of allylic oxidation sites excluding steroid dienone is 1. The van der Waals surface area contributed by atoms with Crippen molar-refractivity contribution in [2.45, 2.75) is 39.2 Å². The number of aliphatic carboxylic acids is 1. The summed E-state index contributed by atoms with van der Waals surface area (Å²) in [4.78, 5) is 22.6. The second kappa shape index (κ2) is 4.68. The van der Waals surface area contributed by atoms with Crippen molar-refractivity contribution in [1.29, 1.82) is 0 Å². The van der Waals surface area contributed by atoms with Crippen molar-refractivity contribution in [3.05, 3.63) is 12.7 Å². The van der Waals surface area contributed by atoms with E-state index in [1.54, 1.807) is 6.08 Å². The first-order chi connectivity index (χ1) is 7.38. The van der Waals surface area contributed by atoms with Crippen molar-refractivity contribution < 1.29 is 14.7 Å². The quantitative estimate of drug-likeness (QED) is 0.674. The maximum atomic E-state index is 11.7. The van der Waals surface area contributed by atoms with Crippen molar-refractivity contribution in [1.82, 2.24) is 5.32 Å². The number of nitrogens with one attached hydrogen (secondary N) is 1. The molecule has 0 radical (unpaired) electrons. The van der Waals surface area contributed by atoms with E-state index in [-0.39, 0.29) is 17.2 Å². The van der Waals surface area contributed by atoms with Crippen molar-refractivity contribution in [3.8, 4) is 0 Å². The van der Waals surface area contributed by atoms with Gasteiger partial charge in [-0.3, -0.25) is 4.79 Å². The van der Waals surface area contributed by atoms with Crippen LogP contribution in [0.1, 0.15) is 33.1 Å². The average Bonchev–Trinajstić information content (AvgIpc) is 2.81. The minimum atomic E-state index is -0.978. The maximum Gasteiger partial charge on any atom is 0.326 e. The van der Waals surface area contributed by atoms with Gasteiger partial charge in [0.1, 0.15) is 6.04 Å². The highest BCUT2D eigenvalue weighted by Gasteiger charge is 2.51. The molecule has 1 aliphatic rings. The largest absolute Gasteiger partial charge is 0.480 e. The zero-order valence-corrected chi connectivity index (χ0v) is 9.82. The fourth-order valence-corrected chi connectivity index (χ4v) is 1.73. The first-order valence-electron chi connectivity index (χ1n) is 5.52. The van der Waals surface area contributed by atoms with Crippen molar-refractivity contribution in [2.24, 2.45) is 11.3 Å². The first kappa shape index (κ1) is 12.7. The van der Waals surface area contributed by atoms with Crippen molar-refractivity contribution in [2.75, 3.05) is 0 Å². The number of carboxylic acids is 1. The average molecular weight is 225 g/mol. The van der Waals surface area contributed by atoms with Crippen LogP contribution in [0.5, 0.6) is 0 Å². The second-order valence-electron chi connectivity index (χ2n) is 5.01. The van der Waals surface area contributed by atoms with Gasteiger partial charge in [-0.2, -0.15) is 0 Å². The van der Waals surface area contributed by atoms with Gasteiger partial charge in [0.25, 0.3) is 0 Å². The van der Waals surface area contributed by atoms with E-state index in [1.165, 1.54) is 0 Å². The first-order valence-corrected chi connectivity index (χ1v) is 5.52. The molecule has 0 bridgehead atoms. The zero-order chi connectivity index (χ0) is 12.3. The Bertz CT molecular complexity index is 309. The predicted molar refractivity (Wildman–Crippen MR) is 60.9 cm³/mol. The van der Waals surface area contributed by atoms with Crippen LogP contribution < -0.4 is 5.32 Å². The second-order valence-corrected chi connectivity index (χ2v) is 5.01. The van der Waals surface area contributed by atoms with Gasteiger partial charge in [0.15, 0.2) is 0 Å². The molecule has 1 amide bonds. The fraction of sp³-hybridized carbons (Fsp3) is 0.667. The minimum Gasteiger partial charge on any atom is -0.480 e. The third kappa shape index (κ3) is 3.08. The summed E-state index contributed by atoms with van der Waals surface area (Å²) in [6.07, 6.45) is 3.48. The molecular weight excluding hydrogens is 206 g/mol. The van der Waals surface area contributed by atoms with Gasteiger partial charge in [0.2, 0.25) is 5.91 Å². The highest BCUT2D eigenvalue weighted by Crippen LogP contribution is 2.51. The molecule has 0 heterocycles. The number of carbonyl (C=O) groups is 2. The molecule has 4 heteroatoms. The van der Waals surface area contributed by atoms with E-state index in [1.807, 2.05) is 13.8 Å². The highest BCUT2D eigenvalue weighted by molar-refractivity contribution is 5.87. The minimum absolute atomic E-state index is 0.0296. The monoisotopic (exact) mass is 225 g/mol. The normalized spacial score (nSPS) is 23.2. The summed E-state index contributed by atoms with van der Waals surface area (Å²) in [7, 11) is 0. The summed E-state index contributed by atoms with van der Waals surface area (Å²) >= 11 is 0. The van der Waals surface area contributed by atoms with Crippen LogP contribution in [0.15, 0.2) is 12.7 Å². The standard InChI is InChI=1S/C12H19NO3/c1-4-5-6-9(11(15)16)13-10(14)8-7-12(8,2)3/h4,8-9H,1,5-7H2,2-3H3,(H,13,14)(H,15,16)/t8-,9?/m1/s1. The molecule has 1 saturated carbocycles. The molecule has 2 atom stereocenters. The number of carboxylic acid groups (broad SMARTS) is 1. The molecule has 1 unspecified atom stereocenters. The van der Waals surface area contributed by atoms with E-state index in [0.29, 0.717) is 12.8 Å². The predicted octanol–water partition coefficient (Wildman–Crippen LogP) is 1.57. The van der Waals surface area contributed by atoms with Gasteiger partial charge in [-0.25, -0.2) is 4.79 Å². The van der Waals surface area contributed by atoms with Gasteiger partial charge in [-0.15, -0.1) is 6.58 Å². The van der Waals surface area contributed by atoms with E-state index in [4.69, 9.17) is 5.11 Å². The van der Waals surface area contributed by atoms with Crippen LogP contribution in [0.25, 0.3) is 0 Å². The molecule has 1 rings (SSSR count). The van der Waals surface area contributed by atoms with Crippen molar-refractivity contribution in [3.63, 3.8) is 0 Å². The van der Waals surface area contributed by atoms with Gasteiger partial charge in [-0.1, -0.05) is 19.9 Å². The van der Waals surface area contributed by atoms with Crippen LogP contribution in [0.4, 0.5) is 0 Å². The summed E-state index contributed by atoms with van der Waals surface area (Å²) in [5, 5.41) is 11.5. The molecule has 0 aliphatic heterocycles. The lowest BCUT2D eigenvalue weighted by atomic mass is 10.1. The van der Waals surface area contributed by atoms with Crippen LogP contribution in [-0.2, 0) is 9.59 Å². The van der Waals surface area contributed by atoms with E-state index in [0.717, 1.165) is 6.42 Å². The lowest BCUT2D eigenvalue weighted by Crippen LogP contribution is -2.42. The number of hydrogen-bond donors (Lipinski definition) is 2. The lowest BCUT2D eigenvalue weighted by molar-refractivity contribution is -0.142. The fourth-order valence-electron chi connectivity index (χ4n) is 1.73. The van der Waals surface area contributed by atoms with Crippen molar-refractivity contribution >= 4 is 11.9 Å². The van der Waals surface area contributed by atoms with E-state index in [9.17, 15) is 9.59 Å². The molecular formula is C12H19NO3. The molecule has 4 nitrogen and oxygen atoms in total. The molecule has 0 saturated heterocycles. The topological polar surface area (TPSA) is 66.4 Å². The van der Waals surface area contributed by atoms with Crippen LogP contribution in [-0.4, -0.2) is 23.0 Å². The molecule has 0 aromatic rings. The third-order valence-electron chi connectivity index (χ3n) is 3.10. The number of carbonyl (C=O) groups excluding carboxylic acids is 1. The van der Waals surface area contributed by atoms with Gasteiger partial charge < -0.3 is 10.4 Å². The van der Waals surface area contributed by atoms with E-state index < -0.39 is 12.0 Å². The van der Waals surface area contributed by atoms with E-state index in [2.05, 4.69) is 11.9 Å². The number of hydrogen-bond acceptors (Lipinski definition) is 2. The van der Waals surface area contributed by atoms with Gasteiger partial charge in [-0.05, 0) is 24.7 Å². The summed E-state index contributed by atoms with van der Waals surface area (Å²) in [6.45, 7) is 7.56. The molecule has 2 N–H and O–H groups in total. The summed E-state index contributed by atoms with van der Waals surface area (Å²) in [5.41, 5.74) is 0.0333. The van der Waals surface area contributed by atoms with Gasteiger partial charge in [0.05, 0.1) is 0 Å². The SMILES string of the molecule is C=CCCC(NC(=O)[C@H]1CC1(C)C)C(=O)O. The molecule has 1 fully saturated rings. The Morgan fingerprint density at radius 1 is 1.62 bits per heavy atom. The van der Waals surface area contributed by atoms with Crippen LogP contribution >= 0.6 is 0 Å². The molecule has 0 aromatic carbocycles. The zero-order valence-electron chi connectivity index (χ0n) is 9.82. The van der Waals surface area contributed by atoms with Crippen LogP contribution in [0.2, 0.25) is 0 Å². The molecule has 90 valence electrons. The summed E-state index contributed by atoms with van der Waals surface area (Å²) in [6, 6.07) is -0.790. The lowest BCUT2D eigenvalue weighted by Gasteiger charge is -2.14. The Kier molecular flexibility index (Phi) is 3.73. The van der Waals surface area contributed by atoms with Gasteiger partial charge >= 0.3 is 5.97 Å². The smallest absolute Gasteiger partial charge is 0.326 e. The molecule has 0 aromatic heterocycles. The Hall–Kier alpha value is -1.32. The maximum absolute atomic E-state index is 11.7. The Morgan fingerprint density at radius 3 is 2.56 bits per heavy atom. The number of amides is 1. The summed E-state index contributed by atoms with van der Waals surface area (Å²) < 4.78 is 0. The van der Waals surface area contributed by atoms with Crippen LogP contribution in [0.3, 0.4) is 0 Å². The van der Waals surface area contributed by atoms with Gasteiger partial charge in [0, 0.05) is 5.92 Å². The molecule has 0 spiro atoms. The number of rotatable bonds is 6. The third-order valence-corrected chi connectivity index (χ3v) is 3.10. The molecule has 1 aliphatic carbocycles. The highest BCUT2D eigenvalue weighted by atomic mass is 16.4. The van der Waals surface area contributed by atoms with E-state index >= 15 is 0 Å². The Labute approximate surface area is 95.7 Å². The molecule has 16 heavy (non-hydrogen) atoms. The Balaban J connectivity index is 2.46. The Morgan fingerprint density at radius 2 is 2.19 bits per heavy atom.